The second-order valence-electron chi connectivity index (χ2n) is 4.25. The minimum Gasteiger partial charge on any atom is -0.496 e. The van der Waals surface area contributed by atoms with Crippen LogP contribution in [0.3, 0.4) is 0 Å². The van der Waals surface area contributed by atoms with Gasteiger partial charge in [-0.1, -0.05) is 27.5 Å². The first-order valence-electron chi connectivity index (χ1n) is 5.68. The van der Waals surface area contributed by atoms with Gasteiger partial charge in [0.15, 0.2) is 0 Å². The van der Waals surface area contributed by atoms with Crippen LogP contribution in [0.5, 0.6) is 5.75 Å². The number of thiophene rings is 1. The summed E-state index contributed by atoms with van der Waals surface area (Å²) in [6, 6.07) is 5.87. The van der Waals surface area contributed by atoms with E-state index in [1.54, 1.807) is 7.11 Å². The molecule has 0 radical (unpaired) electrons. The summed E-state index contributed by atoms with van der Waals surface area (Å²) in [4.78, 5) is 1.02. The topological polar surface area (TPSA) is 9.23 Å². The van der Waals surface area contributed by atoms with Crippen molar-refractivity contribution in [1.29, 1.82) is 0 Å². The van der Waals surface area contributed by atoms with Crippen LogP contribution in [-0.4, -0.2) is 7.11 Å². The minimum atomic E-state index is -0.261. The molecule has 1 aromatic carbocycles. The average molecular weight is 380 g/mol. The Morgan fingerprint density at radius 3 is 2.53 bits per heavy atom. The lowest BCUT2D eigenvalue weighted by Crippen LogP contribution is -2.02. The van der Waals surface area contributed by atoms with Gasteiger partial charge < -0.3 is 4.74 Å². The van der Waals surface area contributed by atoms with Gasteiger partial charge in [0.2, 0.25) is 0 Å². The van der Waals surface area contributed by atoms with Gasteiger partial charge in [0.05, 0.1) is 16.8 Å². The van der Waals surface area contributed by atoms with Crippen LogP contribution in [0.1, 0.15) is 26.9 Å². The van der Waals surface area contributed by atoms with Gasteiger partial charge in [0.25, 0.3) is 0 Å². The van der Waals surface area contributed by atoms with Crippen molar-refractivity contribution in [3.63, 3.8) is 0 Å². The van der Waals surface area contributed by atoms with E-state index in [4.69, 9.17) is 27.9 Å². The normalized spacial score (nSPS) is 12.5. The number of hydrogen-bond acceptors (Lipinski definition) is 2. The Balaban J connectivity index is 2.60. The van der Waals surface area contributed by atoms with Crippen molar-refractivity contribution in [3.8, 4) is 5.75 Å². The predicted molar refractivity (Wildman–Crippen MR) is 87.2 cm³/mol. The molecule has 2 rings (SSSR count). The summed E-state index contributed by atoms with van der Waals surface area (Å²) in [6.07, 6.45) is 0. The Hall–Kier alpha value is -0.220. The fraction of sp³-hybridized carbons (Fsp3) is 0.286. The number of halogens is 3. The molecule has 1 atom stereocenters. The SMILES string of the molecule is COc1c(C)cc(Br)c(C)c1C(Cl)c1ccc(Cl)s1. The molecule has 0 aliphatic rings. The zero-order chi connectivity index (χ0) is 14.2. The fourth-order valence-electron chi connectivity index (χ4n) is 2.06. The highest BCUT2D eigenvalue weighted by Crippen LogP contribution is 2.44. The van der Waals surface area contributed by atoms with E-state index < -0.39 is 0 Å². The molecule has 1 nitrogen and oxygen atoms in total. The van der Waals surface area contributed by atoms with Gasteiger partial charge in [-0.2, -0.15) is 0 Å². The van der Waals surface area contributed by atoms with Crippen LogP contribution >= 0.6 is 50.5 Å². The van der Waals surface area contributed by atoms with E-state index in [1.807, 2.05) is 32.0 Å². The van der Waals surface area contributed by atoms with E-state index in [-0.39, 0.29) is 5.38 Å². The predicted octanol–water partition coefficient (Wildman–Crippen LogP) is 6.12. The molecule has 0 aliphatic carbocycles. The molecule has 0 bridgehead atoms. The molecule has 1 unspecified atom stereocenters. The standard InChI is InChI=1S/C14H13BrCl2OS/c1-7-6-9(15)8(2)12(14(7)18-3)13(17)10-4-5-11(16)19-10/h4-6,13H,1-3H3. The molecule has 1 aromatic heterocycles. The monoisotopic (exact) mass is 378 g/mol. The van der Waals surface area contributed by atoms with E-state index in [9.17, 15) is 0 Å². The molecule has 0 amide bonds. The van der Waals surface area contributed by atoms with Crippen LogP contribution in [0, 0.1) is 13.8 Å². The third-order valence-electron chi connectivity index (χ3n) is 3.01. The molecule has 0 N–H and O–H groups in total. The summed E-state index contributed by atoms with van der Waals surface area (Å²) in [7, 11) is 1.67. The first kappa shape index (κ1) is 15.2. The van der Waals surface area contributed by atoms with Crippen molar-refractivity contribution in [2.24, 2.45) is 0 Å². The van der Waals surface area contributed by atoms with Crippen LogP contribution in [0.4, 0.5) is 0 Å². The zero-order valence-electron chi connectivity index (χ0n) is 10.8. The third-order valence-corrected chi connectivity index (χ3v) is 5.71. The molecular weight excluding hydrogens is 367 g/mol. The number of aryl methyl sites for hydroxylation is 1. The Morgan fingerprint density at radius 2 is 2.00 bits per heavy atom. The lowest BCUT2D eigenvalue weighted by atomic mass is 10.00. The number of hydrogen-bond donors (Lipinski definition) is 0. The molecule has 2 aromatic rings. The highest BCUT2D eigenvalue weighted by Gasteiger charge is 2.22. The van der Waals surface area contributed by atoms with Crippen molar-refractivity contribution in [1.82, 2.24) is 0 Å². The van der Waals surface area contributed by atoms with Gasteiger partial charge in [0, 0.05) is 14.9 Å². The summed E-state index contributed by atoms with van der Waals surface area (Å²) in [6.45, 7) is 4.05. The van der Waals surface area contributed by atoms with Crippen LogP contribution in [-0.2, 0) is 0 Å². The Bertz CT molecular complexity index is 610. The maximum atomic E-state index is 6.63. The maximum Gasteiger partial charge on any atom is 0.127 e. The van der Waals surface area contributed by atoms with Gasteiger partial charge in [-0.25, -0.2) is 0 Å². The molecule has 0 saturated carbocycles. The summed E-state index contributed by atoms with van der Waals surface area (Å²) in [5, 5.41) is -0.261. The molecule has 0 aliphatic heterocycles. The van der Waals surface area contributed by atoms with Gasteiger partial charge in [-0.05, 0) is 43.2 Å². The summed E-state index contributed by atoms with van der Waals surface area (Å²) >= 11 is 17.7. The van der Waals surface area contributed by atoms with Crippen LogP contribution in [0.15, 0.2) is 22.7 Å². The maximum absolute atomic E-state index is 6.63. The van der Waals surface area contributed by atoms with Gasteiger partial charge >= 0.3 is 0 Å². The Morgan fingerprint density at radius 1 is 1.32 bits per heavy atom. The average Bonchev–Trinajstić information content (AvgIpc) is 2.79. The fourth-order valence-corrected chi connectivity index (χ4v) is 4.13. The Labute approximate surface area is 135 Å². The number of methoxy groups -OCH3 is 1. The minimum absolute atomic E-state index is 0.261. The number of ether oxygens (including phenoxy) is 1. The molecule has 5 heteroatoms. The zero-order valence-corrected chi connectivity index (χ0v) is 14.7. The lowest BCUT2D eigenvalue weighted by molar-refractivity contribution is 0.406. The third kappa shape index (κ3) is 2.94. The van der Waals surface area contributed by atoms with Crippen LogP contribution in [0.25, 0.3) is 0 Å². The number of rotatable bonds is 3. The second-order valence-corrected chi connectivity index (χ2v) is 7.29. The second kappa shape index (κ2) is 6.04. The van der Waals surface area contributed by atoms with E-state index in [0.29, 0.717) is 0 Å². The summed E-state index contributed by atoms with van der Waals surface area (Å²) < 4.78 is 7.30. The lowest BCUT2D eigenvalue weighted by Gasteiger charge is -2.19. The van der Waals surface area contributed by atoms with Crippen molar-refractivity contribution < 1.29 is 4.74 Å². The highest BCUT2D eigenvalue weighted by atomic mass is 79.9. The molecule has 0 saturated heterocycles. The van der Waals surface area contributed by atoms with Crippen LogP contribution < -0.4 is 4.74 Å². The van der Waals surface area contributed by atoms with Crippen molar-refractivity contribution in [3.05, 3.63) is 48.6 Å². The first-order chi connectivity index (χ1) is 8.95. The van der Waals surface area contributed by atoms with E-state index in [0.717, 1.165) is 36.1 Å². The molecular formula is C14H13BrCl2OS. The molecule has 0 fully saturated rings. The first-order valence-corrected chi connectivity index (χ1v) is 8.11. The van der Waals surface area contributed by atoms with Gasteiger partial charge in [-0.15, -0.1) is 22.9 Å². The molecule has 1 heterocycles. The molecule has 102 valence electrons. The largest absolute Gasteiger partial charge is 0.496 e. The Kier molecular flexibility index (Phi) is 4.83. The van der Waals surface area contributed by atoms with E-state index >= 15 is 0 Å². The summed E-state index contributed by atoms with van der Waals surface area (Å²) in [5.41, 5.74) is 3.14. The van der Waals surface area contributed by atoms with Crippen molar-refractivity contribution in [2.45, 2.75) is 19.2 Å². The van der Waals surface area contributed by atoms with Crippen molar-refractivity contribution >= 4 is 50.5 Å². The smallest absolute Gasteiger partial charge is 0.127 e. The molecule has 19 heavy (non-hydrogen) atoms. The summed E-state index contributed by atoms with van der Waals surface area (Å²) in [5.74, 6) is 0.838. The quantitative estimate of drug-likeness (QED) is 0.584. The van der Waals surface area contributed by atoms with Crippen molar-refractivity contribution in [2.75, 3.05) is 7.11 Å². The van der Waals surface area contributed by atoms with Gasteiger partial charge in [-0.3, -0.25) is 0 Å². The molecule has 0 spiro atoms. The number of benzene rings is 1. The van der Waals surface area contributed by atoms with Gasteiger partial charge in [0.1, 0.15) is 5.75 Å². The number of alkyl halides is 1. The highest BCUT2D eigenvalue weighted by molar-refractivity contribution is 9.10. The van der Waals surface area contributed by atoms with E-state index in [2.05, 4.69) is 15.9 Å². The van der Waals surface area contributed by atoms with Crippen LogP contribution in [0.2, 0.25) is 4.34 Å². The van der Waals surface area contributed by atoms with E-state index in [1.165, 1.54) is 11.3 Å².